The molecule has 1 fully saturated rings. The van der Waals surface area contributed by atoms with Gasteiger partial charge in [0.2, 0.25) is 0 Å². The molecule has 9 heteroatoms. The van der Waals surface area contributed by atoms with E-state index in [1.807, 2.05) is 38.2 Å². The minimum absolute atomic E-state index is 0. The molecule has 1 saturated heterocycles. The second-order valence-electron chi connectivity index (χ2n) is 6.81. The molecule has 0 saturated carbocycles. The van der Waals surface area contributed by atoms with Gasteiger partial charge < -0.3 is 15.1 Å². The molecule has 1 aliphatic rings. The molecule has 3 rings (SSSR count). The first-order chi connectivity index (χ1) is 13.0. The third kappa shape index (κ3) is 6.47. The number of hydrogen-bond donors (Lipinski definition) is 1. The molecular weight excluding hydrogens is 507 g/mol. The number of guanidine groups is 1. The molecule has 0 spiro atoms. The molecule has 6 nitrogen and oxygen atoms in total. The van der Waals surface area contributed by atoms with Crippen molar-refractivity contribution in [2.75, 3.05) is 52.2 Å². The molecule has 0 atom stereocenters. The average molecular weight is 535 g/mol. The zero-order valence-corrected chi connectivity index (χ0v) is 20.5. The van der Waals surface area contributed by atoms with Crippen LogP contribution in [0.15, 0.2) is 34.6 Å². The number of benzene rings is 1. The summed E-state index contributed by atoms with van der Waals surface area (Å²) in [6.45, 7) is 5.63. The first-order valence-corrected chi connectivity index (χ1v) is 10.3. The highest BCUT2D eigenvalue weighted by Gasteiger charge is 2.19. The predicted octanol–water partition coefficient (Wildman–Crippen LogP) is 3.37. The van der Waals surface area contributed by atoms with Gasteiger partial charge in [-0.2, -0.15) is 0 Å². The standard InChI is InChI=1S/C19H27ClN6S.HI/c1-21-18(22-12-17-14-27-19(23-17)24(2)3)26-10-8-25(9-11-26)13-15-4-6-16(20)7-5-15;/h4-7,14H,8-13H2,1-3H3,(H,21,22);1H. The summed E-state index contributed by atoms with van der Waals surface area (Å²) in [7, 11) is 5.87. The number of aromatic nitrogens is 1. The molecule has 28 heavy (non-hydrogen) atoms. The zero-order chi connectivity index (χ0) is 19.2. The van der Waals surface area contributed by atoms with Gasteiger partial charge >= 0.3 is 0 Å². The molecule has 0 aliphatic carbocycles. The van der Waals surface area contributed by atoms with E-state index in [-0.39, 0.29) is 24.0 Å². The van der Waals surface area contributed by atoms with Crippen molar-refractivity contribution in [3.63, 3.8) is 0 Å². The van der Waals surface area contributed by atoms with Crippen molar-refractivity contribution in [2.24, 2.45) is 4.99 Å². The van der Waals surface area contributed by atoms with Gasteiger partial charge in [-0.15, -0.1) is 35.3 Å². The van der Waals surface area contributed by atoms with E-state index in [9.17, 15) is 0 Å². The minimum atomic E-state index is 0. The Balaban J connectivity index is 0.00000280. The largest absolute Gasteiger partial charge is 0.354 e. The molecule has 0 unspecified atom stereocenters. The molecular formula is C19H28ClIN6S. The lowest BCUT2D eigenvalue weighted by atomic mass is 10.2. The van der Waals surface area contributed by atoms with Gasteiger partial charge in [-0.3, -0.25) is 9.89 Å². The molecule has 1 aromatic heterocycles. The Labute approximate surface area is 193 Å². The van der Waals surface area contributed by atoms with Crippen molar-refractivity contribution < 1.29 is 0 Å². The maximum absolute atomic E-state index is 5.97. The topological polar surface area (TPSA) is 47.0 Å². The van der Waals surface area contributed by atoms with Gasteiger partial charge in [0.1, 0.15) is 0 Å². The lowest BCUT2D eigenvalue weighted by Gasteiger charge is -2.36. The molecule has 0 bridgehead atoms. The smallest absolute Gasteiger partial charge is 0.194 e. The van der Waals surface area contributed by atoms with Gasteiger partial charge in [-0.1, -0.05) is 23.7 Å². The summed E-state index contributed by atoms with van der Waals surface area (Å²) in [5.74, 6) is 0.945. The van der Waals surface area contributed by atoms with Gasteiger partial charge in [0.05, 0.1) is 12.2 Å². The van der Waals surface area contributed by atoms with Gasteiger partial charge in [0, 0.05) is 64.3 Å². The van der Waals surface area contributed by atoms with Crippen LogP contribution in [0.1, 0.15) is 11.3 Å². The Hall–Kier alpha value is -1.10. The van der Waals surface area contributed by atoms with E-state index in [1.165, 1.54) is 5.56 Å². The lowest BCUT2D eigenvalue weighted by molar-refractivity contribution is 0.172. The number of aliphatic imine (C=N–C) groups is 1. The second-order valence-corrected chi connectivity index (χ2v) is 8.08. The summed E-state index contributed by atoms with van der Waals surface area (Å²) in [4.78, 5) is 15.9. The highest BCUT2D eigenvalue weighted by atomic mass is 127. The van der Waals surface area contributed by atoms with Crippen molar-refractivity contribution in [2.45, 2.75) is 13.1 Å². The summed E-state index contributed by atoms with van der Waals surface area (Å²) < 4.78 is 0. The number of rotatable bonds is 5. The SMILES string of the molecule is CN=C(NCc1csc(N(C)C)n1)N1CCN(Cc2ccc(Cl)cc2)CC1.I. The molecule has 1 aromatic carbocycles. The van der Waals surface area contributed by atoms with E-state index in [1.54, 1.807) is 11.3 Å². The Bertz CT molecular complexity index is 756. The van der Waals surface area contributed by atoms with E-state index < -0.39 is 0 Å². The normalized spacial score (nSPS) is 15.3. The van der Waals surface area contributed by atoms with Crippen LogP contribution in [0.3, 0.4) is 0 Å². The molecule has 0 amide bonds. The third-order valence-corrected chi connectivity index (χ3v) is 5.86. The van der Waals surface area contributed by atoms with Crippen molar-refractivity contribution in [3.8, 4) is 0 Å². The van der Waals surface area contributed by atoms with E-state index in [4.69, 9.17) is 11.6 Å². The molecule has 0 radical (unpaired) electrons. The Morgan fingerprint density at radius 2 is 1.89 bits per heavy atom. The van der Waals surface area contributed by atoms with Gasteiger partial charge in [0.25, 0.3) is 0 Å². The number of piperazine rings is 1. The van der Waals surface area contributed by atoms with Gasteiger partial charge in [-0.25, -0.2) is 4.98 Å². The summed E-state index contributed by atoms with van der Waals surface area (Å²) in [6.07, 6.45) is 0. The maximum atomic E-state index is 5.97. The van der Waals surface area contributed by atoms with Crippen LogP contribution in [0.5, 0.6) is 0 Å². The van der Waals surface area contributed by atoms with E-state index >= 15 is 0 Å². The fraction of sp³-hybridized carbons (Fsp3) is 0.474. The fourth-order valence-corrected chi connectivity index (χ4v) is 3.93. The first-order valence-electron chi connectivity index (χ1n) is 9.09. The lowest BCUT2D eigenvalue weighted by Crippen LogP contribution is -2.52. The summed E-state index contributed by atoms with van der Waals surface area (Å²) in [5.41, 5.74) is 2.35. The van der Waals surface area contributed by atoms with Crippen LogP contribution < -0.4 is 10.2 Å². The minimum Gasteiger partial charge on any atom is -0.354 e. The van der Waals surface area contributed by atoms with Crippen molar-refractivity contribution in [1.29, 1.82) is 0 Å². The Morgan fingerprint density at radius 1 is 1.21 bits per heavy atom. The molecule has 1 N–H and O–H groups in total. The molecule has 154 valence electrons. The Morgan fingerprint density at radius 3 is 2.46 bits per heavy atom. The van der Waals surface area contributed by atoms with E-state index in [2.05, 4.69) is 42.6 Å². The maximum Gasteiger partial charge on any atom is 0.194 e. The number of hydrogen-bond acceptors (Lipinski definition) is 5. The van der Waals surface area contributed by atoms with Crippen LogP contribution in [-0.4, -0.2) is 68.1 Å². The molecule has 2 heterocycles. The van der Waals surface area contributed by atoms with Crippen molar-refractivity contribution in [1.82, 2.24) is 20.1 Å². The average Bonchev–Trinajstić information content (AvgIpc) is 3.15. The monoisotopic (exact) mass is 534 g/mol. The third-order valence-electron chi connectivity index (χ3n) is 4.55. The summed E-state index contributed by atoms with van der Waals surface area (Å²) in [6, 6.07) is 8.12. The second kappa shape index (κ2) is 11.2. The van der Waals surface area contributed by atoms with Crippen LogP contribution in [0, 0.1) is 0 Å². The van der Waals surface area contributed by atoms with Crippen LogP contribution in [-0.2, 0) is 13.1 Å². The van der Waals surface area contributed by atoms with Gasteiger partial charge in [-0.05, 0) is 17.7 Å². The van der Waals surface area contributed by atoms with Crippen LogP contribution in [0.4, 0.5) is 5.13 Å². The van der Waals surface area contributed by atoms with E-state index in [0.29, 0.717) is 6.54 Å². The highest BCUT2D eigenvalue weighted by Crippen LogP contribution is 2.18. The molecule has 1 aliphatic heterocycles. The summed E-state index contributed by atoms with van der Waals surface area (Å²) >= 11 is 7.63. The van der Waals surface area contributed by atoms with Crippen LogP contribution >= 0.6 is 46.9 Å². The predicted molar refractivity (Wildman–Crippen MR) is 130 cm³/mol. The van der Waals surface area contributed by atoms with Crippen molar-refractivity contribution in [3.05, 3.63) is 45.9 Å². The van der Waals surface area contributed by atoms with Crippen LogP contribution in [0.2, 0.25) is 5.02 Å². The number of thiazole rings is 1. The van der Waals surface area contributed by atoms with Crippen LogP contribution in [0.25, 0.3) is 0 Å². The van der Waals surface area contributed by atoms with Gasteiger partial charge in [0.15, 0.2) is 11.1 Å². The fourth-order valence-electron chi connectivity index (χ4n) is 3.05. The zero-order valence-electron chi connectivity index (χ0n) is 16.6. The number of nitrogens with zero attached hydrogens (tertiary/aromatic N) is 5. The first kappa shape index (κ1) is 23.2. The number of halogens is 2. The van der Waals surface area contributed by atoms with Crippen molar-refractivity contribution >= 4 is 58.0 Å². The quantitative estimate of drug-likeness (QED) is 0.362. The Kier molecular flexibility index (Phi) is 9.26. The highest BCUT2D eigenvalue weighted by molar-refractivity contribution is 14.0. The molecule has 2 aromatic rings. The number of anilines is 1. The number of nitrogens with one attached hydrogen (secondary N) is 1. The summed E-state index contributed by atoms with van der Waals surface area (Å²) in [5, 5.41) is 7.36. The van der Waals surface area contributed by atoms with E-state index in [0.717, 1.165) is 54.5 Å².